The first-order chi connectivity index (χ1) is 15.5. The van der Waals surface area contributed by atoms with E-state index in [0.717, 1.165) is 34.6 Å². The summed E-state index contributed by atoms with van der Waals surface area (Å²) in [6.45, 7) is 6.21. The van der Waals surface area contributed by atoms with Crippen LogP contribution in [0, 0.1) is 13.8 Å². The van der Waals surface area contributed by atoms with Crippen LogP contribution >= 0.6 is 0 Å². The van der Waals surface area contributed by atoms with E-state index in [2.05, 4.69) is 15.3 Å². The number of anilines is 1. The number of morpholine rings is 1. The molecule has 0 spiro atoms. The molecule has 0 amide bonds. The zero-order valence-electron chi connectivity index (χ0n) is 18.1. The smallest absolute Gasteiger partial charge is 0.353 e. The first kappa shape index (κ1) is 20.3. The number of ether oxygens (including phenoxy) is 1. The van der Waals surface area contributed by atoms with Gasteiger partial charge >= 0.3 is 5.69 Å². The second-order valence-electron chi connectivity index (χ2n) is 8.05. The van der Waals surface area contributed by atoms with Crippen molar-refractivity contribution < 1.29 is 4.74 Å². The van der Waals surface area contributed by atoms with Crippen LogP contribution in [0.2, 0.25) is 0 Å². The molecule has 1 fully saturated rings. The van der Waals surface area contributed by atoms with E-state index in [0.29, 0.717) is 31.1 Å². The molecule has 1 atom stereocenters. The maximum atomic E-state index is 13.3. The second-order valence-corrected chi connectivity index (χ2v) is 8.05. The number of rotatable bonds is 4. The number of pyridine rings is 1. The third-order valence-electron chi connectivity index (χ3n) is 5.56. The highest BCUT2D eigenvalue weighted by atomic mass is 16.5. The van der Waals surface area contributed by atoms with E-state index >= 15 is 0 Å². The Morgan fingerprint density at radius 2 is 1.88 bits per heavy atom. The number of aryl methyl sites for hydroxylation is 2. The Morgan fingerprint density at radius 3 is 2.56 bits per heavy atom. The first-order valence-electron chi connectivity index (χ1n) is 10.6. The number of nitrogen functional groups attached to an aromatic ring is 1. The zero-order chi connectivity index (χ0) is 22.2. The van der Waals surface area contributed by atoms with Crippen LogP contribution in [0.4, 0.5) is 5.95 Å². The predicted octanol–water partition coefficient (Wildman–Crippen LogP) is 1.81. The highest BCUT2D eigenvalue weighted by molar-refractivity contribution is 5.90. The van der Waals surface area contributed by atoms with Gasteiger partial charge in [-0.25, -0.2) is 18.9 Å². The van der Waals surface area contributed by atoms with Crippen LogP contribution in [0.3, 0.4) is 0 Å². The molecular weight excluding hydrogens is 406 g/mol. The molecule has 0 saturated carbocycles. The number of nitrogens with two attached hydrogens (primary N) is 1. The van der Waals surface area contributed by atoms with Crippen molar-refractivity contribution in [2.75, 3.05) is 25.5 Å². The van der Waals surface area contributed by atoms with E-state index in [1.807, 2.05) is 56.3 Å². The van der Waals surface area contributed by atoms with Gasteiger partial charge in [-0.15, -0.1) is 5.10 Å². The van der Waals surface area contributed by atoms with Crippen LogP contribution in [0.1, 0.15) is 11.4 Å². The van der Waals surface area contributed by atoms with Crippen LogP contribution in [-0.2, 0) is 11.3 Å². The maximum absolute atomic E-state index is 13.3. The van der Waals surface area contributed by atoms with Crippen LogP contribution in [0.25, 0.3) is 28.0 Å². The molecule has 9 heteroatoms. The number of hydrogen-bond acceptors (Lipinski definition) is 7. The molecule has 0 aliphatic carbocycles. The Bertz CT molecular complexity index is 1320. The topological polar surface area (TPSA) is 112 Å². The Morgan fingerprint density at radius 1 is 1.12 bits per heavy atom. The molecule has 1 aliphatic rings. The number of nitrogens with zero attached hydrogens (tertiary/aromatic N) is 5. The van der Waals surface area contributed by atoms with Gasteiger partial charge in [0.2, 0.25) is 5.95 Å². The summed E-state index contributed by atoms with van der Waals surface area (Å²) in [6, 6.07) is 13.8. The van der Waals surface area contributed by atoms with Gasteiger partial charge in [0.05, 0.1) is 37.1 Å². The second kappa shape index (κ2) is 8.18. The van der Waals surface area contributed by atoms with Gasteiger partial charge in [-0.1, -0.05) is 30.3 Å². The van der Waals surface area contributed by atoms with Gasteiger partial charge in [0.1, 0.15) is 0 Å². The summed E-state index contributed by atoms with van der Waals surface area (Å²) in [4.78, 5) is 22.4. The number of aromatic nitrogens is 5. The Kier molecular flexibility index (Phi) is 5.20. The lowest BCUT2D eigenvalue weighted by atomic mass is 9.99. The predicted molar refractivity (Wildman–Crippen MR) is 122 cm³/mol. The summed E-state index contributed by atoms with van der Waals surface area (Å²) in [5.41, 5.74) is 11.4. The number of fused-ring (bicyclic) bond motifs is 1. The van der Waals surface area contributed by atoms with Crippen molar-refractivity contribution in [2.24, 2.45) is 0 Å². The van der Waals surface area contributed by atoms with Crippen molar-refractivity contribution in [3.05, 3.63) is 64.3 Å². The van der Waals surface area contributed by atoms with Gasteiger partial charge < -0.3 is 15.8 Å². The van der Waals surface area contributed by atoms with Crippen molar-refractivity contribution in [3.8, 4) is 22.4 Å². The fraction of sp³-hybridized carbons (Fsp3) is 0.304. The van der Waals surface area contributed by atoms with E-state index in [4.69, 9.17) is 15.6 Å². The number of hydrogen-bond donors (Lipinski definition) is 2. The summed E-state index contributed by atoms with van der Waals surface area (Å²) in [5.74, 6) is 0.106. The SMILES string of the molecule is Cc1cc(-c2c(-c3ccccc3)nc(N)n3c(=O)n(C[C@H]4COCCN4)nc23)cc(C)n1. The third-order valence-corrected chi connectivity index (χ3v) is 5.56. The molecule has 0 unspecified atom stereocenters. The van der Waals surface area contributed by atoms with Crippen molar-refractivity contribution in [3.63, 3.8) is 0 Å². The van der Waals surface area contributed by atoms with Gasteiger partial charge in [-0.2, -0.15) is 0 Å². The van der Waals surface area contributed by atoms with Crippen LogP contribution < -0.4 is 16.7 Å². The van der Waals surface area contributed by atoms with Crippen LogP contribution in [-0.4, -0.2) is 49.9 Å². The van der Waals surface area contributed by atoms with E-state index in [1.165, 1.54) is 9.08 Å². The van der Waals surface area contributed by atoms with Gasteiger partial charge in [0.15, 0.2) is 5.65 Å². The molecule has 9 nitrogen and oxygen atoms in total. The van der Waals surface area contributed by atoms with Crippen molar-refractivity contribution in [1.82, 2.24) is 29.5 Å². The summed E-state index contributed by atoms with van der Waals surface area (Å²) in [6.07, 6.45) is 0. The lowest BCUT2D eigenvalue weighted by Crippen LogP contribution is -2.45. The van der Waals surface area contributed by atoms with Crippen LogP contribution in [0.5, 0.6) is 0 Å². The molecule has 164 valence electrons. The largest absolute Gasteiger partial charge is 0.378 e. The molecular formula is C23H25N7O2. The molecule has 4 heterocycles. The van der Waals surface area contributed by atoms with Crippen molar-refractivity contribution in [1.29, 1.82) is 0 Å². The van der Waals surface area contributed by atoms with E-state index in [-0.39, 0.29) is 17.7 Å². The average Bonchev–Trinajstić information content (AvgIpc) is 3.10. The highest BCUT2D eigenvalue weighted by Gasteiger charge is 2.23. The minimum Gasteiger partial charge on any atom is -0.378 e. The molecule has 3 N–H and O–H groups in total. The molecule has 0 radical (unpaired) electrons. The van der Waals surface area contributed by atoms with E-state index in [1.54, 1.807) is 0 Å². The van der Waals surface area contributed by atoms with Gasteiger partial charge in [-0.05, 0) is 31.5 Å². The van der Waals surface area contributed by atoms with E-state index in [9.17, 15) is 4.79 Å². The van der Waals surface area contributed by atoms with E-state index < -0.39 is 0 Å². The Balaban J connectivity index is 1.77. The van der Waals surface area contributed by atoms with Crippen molar-refractivity contribution in [2.45, 2.75) is 26.4 Å². The average molecular weight is 432 g/mol. The first-order valence-corrected chi connectivity index (χ1v) is 10.6. The normalized spacial score (nSPS) is 16.5. The molecule has 32 heavy (non-hydrogen) atoms. The molecule has 1 aromatic carbocycles. The Hall–Kier alpha value is -3.56. The van der Waals surface area contributed by atoms with Crippen LogP contribution in [0.15, 0.2) is 47.3 Å². The monoisotopic (exact) mass is 431 g/mol. The molecule has 5 rings (SSSR count). The zero-order valence-corrected chi connectivity index (χ0v) is 18.1. The summed E-state index contributed by atoms with van der Waals surface area (Å²) < 4.78 is 8.36. The summed E-state index contributed by atoms with van der Waals surface area (Å²) >= 11 is 0. The number of benzene rings is 1. The third kappa shape index (κ3) is 3.65. The molecule has 3 aromatic heterocycles. The standard InChI is InChI=1S/C23H25N7O2/c1-14-10-17(11-15(2)26-14)19-20(16-6-4-3-5-7-16)27-22(24)30-21(19)28-29(23(30)31)12-18-13-32-9-8-25-18/h3-7,10-11,18,25H,8-9,12-13H2,1-2H3,(H2,24,27)/t18-/m0/s1. The van der Waals surface area contributed by atoms with Gasteiger partial charge in [0.25, 0.3) is 0 Å². The molecule has 1 saturated heterocycles. The van der Waals surface area contributed by atoms with Gasteiger partial charge in [0, 0.05) is 23.5 Å². The Labute approximate surface area is 184 Å². The highest BCUT2D eigenvalue weighted by Crippen LogP contribution is 2.34. The van der Waals surface area contributed by atoms with Gasteiger partial charge in [-0.3, -0.25) is 4.98 Å². The molecule has 0 bridgehead atoms. The summed E-state index contributed by atoms with van der Waals surface area (Å²) in [5, 5.41) is 8.08. The lowest BCUT2D eigenvalue weighted by molar-refractivity contribution is 0.0699. The number of nitrogens with one attached hydrogen (secondary N) is 1. The maximum Gasteiger partial charge on any atom is 0.353 e. The molecule has 4 aromatic rings. The quantitative estimate of drug-likeness (QED) is 0.507. The lowest BCUT2D eigenvalue weighted by Gasteiger charge is -2.23. The van der Waals surface area contributed by atoms with Crippen molar-refractivity contribution >= 4 is 11.6 Å². The summed E-state index contributed by atoms with van der Waals surface area (Å²) in [7, 11) is 0. The molecule has 1 aliphatic heterocycles. The minimum atomic E-state index is -0.319. The fourth-order valence-corrected chi connectivity index (χ4v) is 4.22. The minimum absolute atomic E-state index is 0.00278. The fourth-order valence-electron chi connectivity index (χ4n) is 4.22.